The summed E-state index contributed by atoms with van der Waals surface area (Å²) in [7, 11) is 0. The topological polar surface area (TPSA) is 69.0 Å². The van der Waals surface area contributed by atoms with Crippen LogP contribution in [0.3, 0.4) is 0 Å². The van der Waals surface area contributed by atoms with Gasteiger partial charge in [0.2, 0.25) is 5.91 Å². The average Bonchev–Trinajstić information content (AvgIpc) is 3.24. The fourth-order valence-corrected chi connectivity index (χ4v) is 4.00. The van der Waals surface area contributed by atoms with Crippen molar-refractivity contribution in [3.63, 3.8) is 0 Å². The Kier molecular flexibility index (Phi) is 5.51. The van der Waals surface area contributed by atoms with Crippen LogP contribution in [0.1, 0.15) is 17.7 Å². The minimum Gasteiger partial charge on any atom is -0.357 e. The summed E-state index contributed by atoms with van der Waals surface area (Å²) in [6, 6.07) is 12.1. The van der Waals surface area contributed by atoms with Gasteiger partial charge >= 0.3 is 0 Å². The number of carbonyl (C=O) groups excluding carboxylic acids is 1. The molecular weight excluding hydrogens is 340 g/mol. The second kappa shape index (κ2) is 7.99. The number of amides is 1. The van der Waals surface area contributed by atoms with Crippen LogP contribution >= 0.6 is 23.1 Å². The maximum Gasteiger partial charge on any atom is 0.241 e. The van der Waals surface area contributed by atoms with Crippen LogP contribution in [0, 0.1) is 11.3 Å². The Hall–Kier alpha value is -2.30. The van der Waals surface area contributed by atoms with E-state index >= 15 is 0 Å². The number of rotatable bonds is 5. The van der Waals surface area contributed by atoms with Crippen LogP contribution in [0.2, 0.25) is 0 Å². The normalized spacial score (nSPS) is 15.5. The molecule has 1 aromatic heterocycles. The molecule has 0 saturated carbocycles. The minimum atomic E-state index is -0.147. The molecule has 5 nitrogen and oxygen atoms in total. The standard InChI is InChI=1S/C17H16N4OS2/c18-7-6-15(22)21-8-9-23-16(21)10-14-12-24-17(20-14)19-11-13-4-2-1-3-5-13/h1-5,10,12H,6,8-9,11H2,(H,19,20)/b16-10+. The van der Waals surface area contributed by atoms with Crippen LogP contribution in [-0.4, -0.2) is 28.1 Å². The quantitative estimate of drug-likeness (QED) is 0.887. The van der Waals surface area contributed by atoms with E-state index in [9.17, 15) is 4.79 Å². The number of hydrogen-bond donors (Lipinski definition) is 1. The summed E-state index contributed by atoms with van der Waals surface area (Å²) in [6.45, 7) is 1.38. The van der Waals surface area contributed by atoms with E-state index in [2.05, 4.69) is 22.4 Å². The van der Waals surface area contributed by atoms with Crippen molar-refractivity contribution >= 4 is 40.2 Å². The van der Waals surface area contributed by atoms with E-state index in [1.807, 2.05) is 35.7 Å². The van der Waals surface area contributed by atoms with Gasteiger partial charge in [0.05, 0.1) is 16.8 Å². The van der Waals surface area contributed by atoms with Gasteiger partial charge in [-0.3, -0.25) is 4.79 Å². The van der Waals surface area contributed by atoms with Crippen LogP contribution in [0.15, 0.2) is 40.7 Å². The first-order chi connectivity index (χ1) is 11.8. The zero-order valence-corrected chi connectivity index (χ0v) is 14.6. The number of thiazole rings is 1. The lowest BCUT2D eigenvalue weighted by Gasteiger charge is -2.14. The van der Waals surface area contributed by atoms with Crippen molar-refractivity contribution in [1.29, 1.82) is 5.26 Å². The second-order valence-corrected chi connectivity index (χ2v) is 7.10. The number of aromatic nitrogens is 1. The Morgan fingerprint density at radius 3 is 3.04 bits per heavy atom. The van der Waals surface area contributed by atoms with Crippen molar-refractivity contribution in [3.05, 3.63) is 52.0 Å². The van der Waals surface area contributed by atoms with Crippen molar-refractivity contribution in [2.75, 3.05) is 17.6 Å². The van der Waals surface area contributed by atoms with Crippen LogP contribution in [0.5, 0.6) is 0 Å². The molecule has 122 valence electrons. The molecule has 1 fully saturated rings. The summed E-state index contributed by atoms with van der Waals surface area (Å²) < 4.78 is 0. The summed E-state index contributed by atoms with van der Waals surface area (Å²) in [6.07, 6.45) is 1.83. The molecule has 1 N–H and O–H groups in total. The Bertz CT molecular complexity index is 779. The van der Waals surface area contributed by atoms with Gasteiger partial charge < -0.3 is 10.2 Å². The van der Waals surface area contributed by atoms with E-state index in [0.717, 1.165) is 28.2 Å². The third-order valence-corrected chi connectivity index (χ3v) is 5.28. The lowest BCUT2D eigenvalue weighted by atomic mass is 10.2. The number of benzene rings is 1. The number of nitrogens with zero attached hydrogens (tertiary/aromatic N) is 3. The predicted molar refractivity (Wildman–Crippen MR) is 98.3 cm³/mol. The number of nitrogens with one attached hydrogen (secondary N) is 1. The summed E-state index contributed by atoms with van der Waals surface area (Å²) in [5, 5.41) is 15.7. The van der Waals surface area contributed by atoms with E-state index in [1.165, 1.54) is 5.56 Å². The van der Waals surface area contributed by atoms with Gasteiger partial charge in [0, 0.05) is 24.2 Å². The van der Waals surface area contributed by atoms with Crippen molar-refractivity contribution in [3.8, 4) is 6.07 Å². The molecule has 2 aromatic rings. The van der Waals surface area contributed by atoms with E-state index in [1.54, 1.807) is 28.0 Å². The van der Waals surface area contributed by atoms with Crippen molar-refractivity contribution in [2.45, 2.75) is 13.0 Å². The predicted octanol–water partition coefficient (Wildman–Crippen LogP) is 3.54. The zero-order valence-electron chi connectivity index (χ0n) is 12.9. The summed E-state index contributed by atoms with van der Waals surface area (Å²) >= 11 is 3.16. The van der Waals surface area contributed by atoms with E-state index in [4.69, 9.17) is 5.26 Å². The van der Waals surface area contributed by atoms with Crippen LogP contribution in [-0.2, 0) is 11.3 Å². The molecule has 2 heterocycles. The summed E-state index contributed by atoms with van der Waals surface area (Å²) in [4.78, 5) is 18.1. The van der Waals surface area contributed by atoms with Gasteiger partial charge in [0.25, 0.3) is 0 Å². The number of carbonyl (C=O) groups is 1. The van der Waals surface area contributed by atoms with Gasteiger partial charge in [0.15, 0.2) is 5.13 Å². The molecule has 24 heavy (non-hydrogen) atoms. The van der Waals surface area contributed by atoms with Gasteiger partial charge in [-0.2, -0.15) is 5.26 Å². The minimum absolute atomic E-state index is 0.0845. The van der Waals surface area contributed by atoms with Crippen molar-refractivity contribution in [2.24, 2.45) is 0 Å². The summed E-state index contributed by atoms with van der Waals surface area (Å²) in [5.41, 5.74) is 2.03. The molecule has 1 saturated heterocycles. The average molecular weight is 356 g/mol. The third-order valence-electron chi connectivity index (χ3n) is 3.44. The highest BCUT2D eigenvalue weighted by Gasteiger charge is 2.23. The first kappa shape index (κ1) is 16.6. The Labute approximate surface area is 149 Å². The van der Waals surface area contributed by atoms with Gasteiger partial charge in [-0.25, -0.2) is 4.98 Å². The molecule has 3 rings (SSSR count). The highest BCUT2D eigenvalue weighted by atomic mass is 32.2. The van der Waals surface area contributed by atoms with Crippen LogP contribution in [0.25, 0.3) is 6.08 Å². The largest absolute Gasteiger partial charge is 0.357 e. The van der Waals surface area contributed by atoms with Gasteiger partial charge in [0.1, 0.15) is 6.42 Å². The molecule has 1 aliphatic heterocycles. The molecule has 0 atom stereocenters. The smallest absolute Gasteiger partial charge is 0.241 e. The van der Waals surface area contributed by atoms with Crippen LogP contribution in [0.4, 0.5) is 5.13 Å². The molecule has 0 spiro atoms. The Morgan fingerprint density at radius 2 is 2.25 bits per heavy atom. The number of thioether (sulfide) groups is 1. The number of anilines is 1. The van der Waals surface area contributed by atoms with E-state index in [-0.39, 0.29) is 12.3 Å². The fourth-order valence-electron chi connectivity index (χ4n) is 2.29. The Morgan fingerprint density at radius 1 is 1.42 bits per heavy atom. The lowest BCUT2D eigenvalue weighted by Crippen LogP contribution is -2.25. The molecule has 1 aliphatic rings. The molecule has 0 unspecified atom stereocenters. The second-order valence-electron chi connectivity index (χ2n) is 5.13. The monoisotopic (exact) mass is 356 g/mol. The van der Waals surface area contributed by atoms with Gasteiger partial charge in [-0.05, 0) is 11.6 Å². The molecule has 0 bridgehead atoms. The molecule has 1 amide bonds. The Balaban J connectivity index is 1.64. The van der Waals surface area contributed by atoms with Crippen molar-refractivity contribution < 1.29 is 4.79 Å². The number of hydrogen-bond acceptors (Lipinski definition) is 6. The first-order valence-corrected chi connectivity index (χ1v) is 9.38. The molecule has 0 aliphatic carbocycles. The third kappa shape index (κ3) is 4.16. The lowest BCUT2D eigenvalue weighted by molar-refractivity contribution is -0.127. The maximum absolute atomic E-state index is 11.9. The van der Waals surface area contributed by atoms with Gasteiger partial charge in [-0.1, -0.05) is 30.3 Å². The van der Waals surface area contributed by atoms with E-state index < -0.39 is 0 Å². The molecule has 0 radical (unpaired) electrons. The highest BCUT2D eigenvalue weighted by molar-refractivity contribution is 8.03. The number of nitriles is 1. The maximum atomic E-state index is 11.9. The SMILES string of the molecule is N#CCC(=O)N1CCS/C1=C/c1csc(NCc2ccccc2)n1. The van der Waals surface area contributed by atoms with E-state index in [0.29, 0.717) is 6.54 Å². The molecular formula is C17H16N4OS2. The van der Waals surface area contributed by atoms with Crippen molar-refractivity contribution in [1.82, 2.24) is 9.88 Å². The summed E-state index contributed by atoms with van der Waals surface area (Å²) in [5.74, 6) is 0.707. The molecule has 7 heteroatoms. The molecule has 1 aromatic carbocycles. The highest BCUT2D eigenvalue weighted by Crippen LogP contribution is 2.31. The fraction of sp³-hybridized carbons (Fsp3) is 0.235. The zero-order chi connectivity index (χ0) is 16.8. The first-order valence-electron chi connectivity index (χ1n) is 7.51. The van der Waals surface area contributed by atoms with Crippen LogP contribution < -0.4 is 5.32 Å². The van der Waals surface area contributed by atoms with Gasteiger partial charge in [-0.15, -0.1) is 23.1 Å².